The Morgan fingerprint density at radius 3 is 2.59 bits per heavy atom. The molecule has 0 unspecified atom stereocenters. The van der Waals surface area contributed by atoms with E-state index in [1.165, 1.54) is 32.1 Å². The lowest BCUT2D eigenvalue weighted by atomic mass is 9.89. The van der Waals surface area contributed by atoms with Crippen LogP contribution in [0.1, 0.15) is 61.7 Å². The van der Waals surface area contributed by atoms with Crippen LogP contribution in [0.5, 0.6) is 0 Å². The molecule has 2 aliphatic rings. The number of nitrogens with one attached hydrogen (secondary N) is 2. The topological polar surface area (TPSA) is 57.3 Å². The number of hydrogen-bond acceptors (Lipinski definition) is 4. The van der Waals surface area contributed by atoms with Gasteiger partial charge in [-0.05, 0) is 62.6 Å². The average molecular weight is 441 g/mol. The van der Waals surface area contributed by atoms with Gasteiger partial charge in [-0.25, -0.2) is 9.37 Å². The first-order chi connectivity index (χ1) is 15.7. The molecule has 1 saturated carbocycles. The van der Waals surface area contributed by atoms with Gasteiger partial charge in [-0.3, -0.25) is 4.79 Å². The van der Waals surface area contributed by atoms with Gasteiger partial charge in [-0.15, -0.1) is 0 Å². The zero-order chi connectivity index (χ0) is 22.2. The van der Waals surface area contributed by atoms with Crippen molar-refractivity contribution >= 4 is 22.6 Å². The molecule has 1 aliphatic heterocycles. The highest BCUT2D eigenvalue weighted by Crippen LogP contribution is 2.28. The number of carbonyl (C=O) groups excluding carboxylic acids is 1. The number of pyridine rings is 1. The van der Waals surface area contributed by atoms with Gasteiger partial charge >= 0.3 is 0 Å². The molecule has 2 aromatic rings. The van der Waals surface area contributed by atoms with Gasteiger partial charge in [0, 0.05) is 31.6 Å². The number of rotatable bonds is 9. The fourth-order valence-corrected chi connectivity index (χ4v) is 5.18. The summed E-state index contributed by atoms with van der Waals surface area (Å²) in [5.74, 6) is 2.19. The predicted octanol–water partition coefficient (Wildman–Crippen LogP) is 4.71. The molecule has 174 valence electrons. The molecule has 1 amide bonds. The van der Waals surface area contributed by atoms with Crippen molar-refractivity contribution in [1.82, 2.24) is 15.6 Å². The molecule has 1 aromatic carbocycles. The van der Waals surface area contributed by atoms with Gasteiger partial charge in [-0.2, -0.15) is 0 Å². The smallest absolute Gasteiger partial charge is 0.252 e. The van der Waals surface area contributed by atoms with E-state index >= 15 is 0 Å². The van der Waals surface area contributed by atoms with Crippen molar-refractivity contribution in [3.63, 3.8) is 0 Å². The van der Waals surface area contributed by atoms with Crippen molar-refractivity contribution in [3.05, 3.63) is 35.9 Å². The minimum atomic E-state index is -0.303. The van der Waals surface area contributed by atoms with Crippen molar-refractivity contribution in [2.45, 2.75) is 51.4 Å². The molecule has 1 aliphatic carbocycles. The number of aromatic nitrogens is 1. The lowest BCUT2D eigenvalue weighted by Gasteiger charge is -2.33. The van der Waals surface area contributed by atoms with Crippen molar-refractivity contribution in [2.24, 2.45) is 11.8 Å². The maximum absolute atomic E-state index is 13.2. The summed E-state index contributed by atoms with van der Waals surface area (Å²) in [6.07, 6.45) is 9.64. The standard InChI is InChI=1S/C26H37FN4O/c27-13-15-28-14-10-20-11-16-31(17-12-20)25-18-23(22-8-4-5-9-24(22)30-25)26(32)29-19-21-6-2-1-3-7-21/h4-5,8-9,18,20-21,28H,1-3,6-7,10-17,19H2,(H,29,32). The van der Waals surface area contributed by atoms with E-state index < -0.39 is 0 Å². The largest absolute Gasteiger partial charge is 0.357 e. The highest BCUT2D eigenvalue weighted by atomic mass is 19.1. The number of carbonyl (C=O) groups is 1. The van der Waals surface area contributed by atoms with Crippen LogP contribution in [0.15, 0.2) is 30.3 Å². The number of fused-ring (bicyclic) bond motifs is 1. The molecule has 2 N–H and O–H groups in total. The number of para-hydroxylation sites is 1. The fraction of sp³-hybridized carbons (Fsp3) is 0.615. The maximum Gasteiger partial charge on any atom is 0.252 e. The Morgan fingerprint density at radius 1 is 1.03 bits per heavy atom. The van der Waals surface area contributed by atoms with E-state index in [0.717, 1.165) is 67.7 Å². The molecule has 0 atom stereocenters. The monoisotopic (exact) mass is 440 g/mol. The molecule has 4 rings (SSSR count). The van der Waals surface area contributed by atoms with E-state index in [0.29, 0.717) is 18.4 Å². The second-order valence-corrected chi connectivity index (χ2v) is 9.42. The van der Waals surface area contributed by atoms with Crippen LogP contribution in [0, 0.1) is 11.8 Å². The SMILES string of the molecule is O=C(NCC1CCCCC1)c1cc(N2CCC(CCNCCF)CC2)nc2ccccc12. The van der Waals surface area contributed by atoms with Crippen molar-refractivity contribution in [1.29, 1.82) is 0 Å². The van der Waals surface area contributed by atoms with E-state index in [-0.39, 0.29) is 12.6 Å². The van der Waals surface area contributed by atoms with Crippen LogP contribution < -0.4 is 15.5 Å². The Balaban J connectivity index is 1.42. The number of halogens is 1. The number of amides is 1. The summed E-state index contributed by atoms with van der Waals surface area (Å²) in [6.45, 7) is 3.69. The number of benzene rings is 1. The normalized spacial score (nSPS) is 18.2. The minimum absolute atomic E-state index is 0.0178. The van der Waals surface area contributed by atoms with Crippen LogP contribution in [0.3, 0.4) is 0 Å². The number of hydrogen-bond donors (Lipinski definition) is 2. The van der Waals surface area contributed by atoms with Crippen molar-refractivity contribution in [3.8, 4) is 0 Å². The van der Waals surface area contributed by atoms with Crippen LogP contribution in [-0.2, 0) is 0 Å². The molecule has 6 heteroatoms. The molecule has 0 radical (unpaired) electrons. The lowest BCUT2D eigenvalue weighted by molar-refractivity contribution is 0.0945. The highest BCUT2D eigenvalue weighted by Gasteiger charge is 2.22. The zero-order valence-corrected chi connectivity index (χ0v) is 19.1. The van der Waals surface area contributed by atoms with Crippen LogP contribution in [0.25, 0.3) is 10.9 Å². The van der Waals surface area contributed by atoms with Gasteiger partial charge < -0.3 is 15.5 Å². The quantitative estimate of drug-likeness (QED) is 0.555. The van der Waals surface area contributed by atoms with E-state index in [2.05, 4.69) is 15.5 Å². The van der Waals surface area contributed by atoms with Crippen LogP contribution >= 0.6 is 0 Å². The molecule has 5 nitrogen and oxygen atoms in total. The zero-order valence-electron chi connectivity index (χ0n) is 19.1. The fourth-order valence-electron chi connectivity index (χ4n) is 5.18. The molecule has 2 fully saturated rings. The Kier molecular flexibility index (Phi) is 8.32. The molecule has 1 aromatic heterocycles. The Bertz CT molecular complexity index is 875. The maximum atomic E-state index is 13.2. The number of piperidine rings is 1. The van der Waals surface area contributed by atoms with Gasteiger partial charge in [0.2, 0.25) is 0 Å². The summed E-state index contributed by atoms with van der Waals surface area (Å²) in [4.78, 5) is 20.4. The van der Waals surface area contributed by atoms with E-state index in [4.69, 9.17) is 4.98 Å². The van der Waals surface area contributed by atoms with E-state index in [1.54, 1.807) is 0 Å². The van der Waals surface area contributed by atoms with Gasteiger partial charge in [0.05, 0.1) is 11.1 Å². The van der Waals surface area contributed by atoms with Gasteiger partial charge in [0.25, 0.3) is 5.91 Å². The van der Waals surface area contributed by atoms with Crippen molar-refractivity contribution in [2.75, 3.05) is 44.3 Å². The number of nitrogens with zero attached hydrogens (tertiary/aromatic N) is 2. The van der Waals surface area contributed by atoms with E-state index in [9.17, 15) is 9.18 Å². The predicted molar refractivity (Wildman–Crippen MR) is 129 cm³/mol. The first kappa shape index (κ1) is 23.0. The Morgan fingerprint density at radius 2 is 1.81 bits per heavy atom. The number of anilines is 1. The van der Waals surface area contributed by atoms with Crippen LogP contribution in [0.2, 0.25) is 0 Å². The van der Waals surface area contributed by atoms with Gasteiger partial charge in [-0.1, -0.05) is 37.5 Å². The first-order valence-corrected chi connectivity index (χ1v) is 12.4. The lowest BCUT2D eigenvalue weighted by Crippen LogP contribution is -2.36. The Labute approximate surface area is 191 Å². The summed E-state index contributed by atoms with van der Waals surface area (Å²) in [7, 11) is 0. The second kappa shape index (κ2) is 11.6. The third-order valence-electron chi connectivity index (χ3n) is 7.16. The summed E-state index contributed by atoms with van der Waals surface area (Å²) < 4.78 is 12.2. The molecule has 2 heterocycles. The van der Waals surface area contributed by atoms with Crippen molar-refractivity contribution < 1.29 is 9.18 Å². The molecule has 32 heavy (non-hydrogen) atoms. The average Bonchev–Trinajstić information content (AvgIpc) is 2.85. The summed E-state index contributed by atoms with van der Waals surface area (Å²) in [6, 6.07) is 9.95. The Hall–Kier alpha value is -2.21. The van der Waals surface area contributed by atoms with Crippen LogP contribution in [0.4, 0.5) is 10.2 Å². The molecular weight excluding hydrogens is 403 g/mol. The van der Waals surface area contributed by atoms with Gasteiger partial charge in [0.15, 0.2) is 0 Å². The summed E-state index contributed by atoms with van der Waals surface area (Å²) >= 11 is 0. The van der Waals surface area contributed by atoms with Crippen LogP contribution in [-0.4, -0.2) is 50.3 Å². The van der Waals surface area contributed by atoms with Gasteiger partial charge in [0.1, 0.15) is 12.5 Å². The third-order valence-corrected chi connectivity index (χ3v) is 7.16. The van der Waals surface area contributed by atoms with E-state index in [1.807, 2.05) is 30.3 Å². The second-order valence-electron chi connectivity index (χ2n) is 9.42. The number of alkyl halides is 1. The molecule has 0 spiro atoms. The highest BCUT2D eigenvalue weighted by molar-refractivity contribution is 6.07. The third kappa shape index (κ3) is 5.97. The molecular formula is C26H37FN4O. The molecule has 1 saturated heterocycles. The summed E-state index contributed by atoms with van der Waals surface area (Å²) in [5.41, 5.74) is 1.62. The first-order valence-electron chi connectivity index (χ1n) is 12.4. The summed E-state index contributed by atoms with van der Waals surface area (Å²) in [5, 5.41) is 7.29. The molecule has 0 bridgehead atoms. The minimum Gasteiger partial charge on any atom is -0.357 e.